The molecule has 1 atom stereocenters. The van der Waals surface area contributed by atoms with Crippen LogP contribution in [0.25, 0.3) is 0 Å². The molecule has 0 spiro atoms. The van der Waals surface area contributed by atoms with E-state index in [1.807, 2.05) is 24.3 Å². The Bertz CT molecular complexity index is 328. The third-order valence-corrected chi connectivity index (χ3v) is 4.68. The molecule has 0 aliphatic rings. The second-order valence-electron chi connectivity index (χ2n) is 4.77. The number of halogens is 3. The van der Waals surface area contributed by atoms with Gasteiger partial charge in [-0.05, 0) is 30.0 Å². The van der Waals surface area contributed by atoms with Crippen molar-refractivity contribution < 1.29 is 0 Å². The molecular formula is C14H19Cl3. The molecule has 0 radical (unpaired) electrons. The number of alkyl halides is 2. The van der Waals surface area contributed by atoms with Gasteiger partial charge in [-0.1, -0.05) is 44.0 Å². The molecule has 0 nitrogen and oxygen atoms in total. The van der Waals surface area contributed by atoms with Crippen molar-refractivity contribution >= 4 is 34.8 Å². The van der Waals surface area contributed by atoms with Crippen LogP contribution < -0.4 is 0 Å². The lowest BCUT2D eigenvalue weighted by atomic mass is 9.76. The maximum atomic E-state index is 6.18. The molecule has 1 aromatic rings. The van der Waals surface area contributed by atoms with E-state index in [1.54, 1.807) is 0 Å². The Morgan fingerprint density at radius 3 is 2.06 bits per heavy atom. The maximum Gasteiger partial charge on any atom is 0.0406 e. The van der Waals surface area contributed by atoms with Gasteiger partial charge in [-0.15, -0.1) is 23.2 Å². The Balaban J connectivity index is 3.01. The maximum absolute atomic E-state index is 6.18. The zero-order valence-electron chi connectivity index (χ0n) is 10.3. The molecule has 1 unspecified atom stereocenters. The van der Waals surface area contributed by atoms with Gasteiger partial charge in [0.05, 0.1) is 0 Å². The SMILES string of the molecule is CCC(C)CC(CCl)(CCl)c1ccc(Cl)cc1. The first-order valence-corrected chi connectivity index (χ1v) is 7.40. The van der Waals surface area contributed by atoms with Crippen molar-refractivity contribution in [1.82, 2.24) is 0 Å². The van der Waals surface area contributed by atoms with E-state index in [4.69, 9.17) is 34.8 Å². The van der Waals surface area contributed by atoms with Gasteiger partial charge in [0.15, 0.2) is 0 Å². The molecule has 0 N–H and O–H groups in total. The smallest absolute Gasteiger partial charge is 0.0406 e. The van der Waals surface area contributed by atoms with Crippen LogP contribution in [-0.4, -0.2) is 11.8 Å². The van der Waals surface area contributed by atoms with Gasteiger partial charge >= 0.3 is 0 Å². The summed E-state index contributed by atoms with van der Waals surface area (Å²) in [6.07, 6.45) is 2.15. The fourth-order valence-electron chi connectivity index (χ4n) is 2.03. The van der Waals surface area contributed by atoms with E-state index < -0.39 is 0 Å². The molecule has 0 amide bonds. The molecule has 17 heavy (non-hydrogen) atoms. The van der Waals surface area contributed by atoms with Crippen molar-refractivity contribution in [3.8, 4) is 0 Å². The first kappa shape index (κ1) is 15.1. The lowest BCUT2D eigenvalue weighted by Gasteiger charge is -2.32. The van der Waals surface area contributed by atoms with Gasteiger partial charge in [0, 0.05) is 22.2 Å². The van der Waals surface area contributed by atoms with Crippen LogP contribution in [0.5, 0.6) is 0 Å². The van der Waals surface area contributed by atoms with E-state index in [0.717, 1.165) is 17.9 Å². The Kier molecular flexibility index (Phi) is 6.12. The molecule has 0 bridgehead atoms. The Labute approximate surface area is 119 Å². The van der Waals surface area contributed by atoms with Crippen LogP contribution in [0.15, 0.2) is 24.3 Å². The zero-order valence-corrected chi connectivity index (χ0v) is 12.6. The highest BCUT2D eigenvalue weighted by atomic mass is 35.5. The van der Waals surface area contributed by atoms with E-state index in [0.29, 0.717) is 17.7 Å². The van der Waals surface area contributed by atoms with Crippen molar-refractivity contribution in [3.05, 3.63) is 34.9 Å². The Morgan fingerprint density at radius 1 is 1.12 bits per heavy atom. The van der Waals surface area contributed by atoms with Crippen molar-refractivity contribution in [1.29, 1.82) is 0 Å². The van der Waals surface area contributed by atoms with Crippen LogP contribution in [0.1, 0.15) is 32.3 Å². The monoisotopic (exact) mass is 292 g/mol. The molecule has 0 aliphatic carbocycles. The first-order valence-electron chi connectivity index (χ1n) is 5.96. The molecule has 1 aromatic carbocycles. The number of benzene rings is 1. The second-order valence-corrected chi connectivity index (χ2v) is 5.74. The molecule has 0 aliphatic heterocycles. The minimum atomic E-state index is -0.136. The fourth-order valence-corrected chi connectivity index (χ4v) is 2.97. The molecule has 0 heterocycles. The normalized spacial score (nSPS) is 13.7. The minimum absolute atomic E-state index is 0.136. The number of rotatable bonds is 6. The van der Waals surface area contributed by atoms with Crippen LogP contribution >= 0.6 is 34.8 Å². The predicted molar refractivity (Wildman–Crippen MR) is 78.6 cm³/mol. The first-order chi connectivity index (χ1) is 8.07. The Morgan fingerprint density at radius 2 is 1.65 bits per heavy atom. The highest BCUT2D eigenvalue weighted by Crippen LogP contribution is 2.35. The van der Waals surface area contributed by atoms with E-state index in [2.05, 4.69) is 13.8 Å². The summed E-state index contributed by atoms with van der Waals surface area (Å²) in [6.45, 7) is 4.43. The molecule has 1 rings (SSSR count). The van der Waals surface area contributed by atoms with Gasteiger partial charge in [0.2, 0.25) is 0 Å². The lowest BCUT2D eigenvalue weighted by molar-refractivity contribution is 0.380. The third kappa shape index (κ3) is 3.77. The summed E-state index contributed by atoms with van der Waals surface area (Å²) >= 11 is 18.3. The second kappa shape index (κ2) is 6.87. The van der Waals surface area contributed by atoms with Crippen molar-refractivity contribution in [3.63, 3.8) is 0 Å². The number of hydrogen-bond donors (Lipinski definition) is 0. The average molecular weight is 294 g/mol. The van der Waals surface area contributed by atoms with Gasteiger partial charge in [-0.3, -0.25) is 0 Å². The fraction of sp³-hybridized carbons (Fsp3) is 0.571. The van der Waals surface area contributed by atoms with Crippen LogP contribution in [0.3, 0.4) is 0 Å². The van der Waals surface area contributed by atoms with Gasteiger partial charge < -0.3 is 0 Å². The summed E-state index contributed by atoms with van der Waals surface area (Å²) in [5.41, 5.74) is 1.05. The van der Waals surface area contributed by atoms with Gasteiger partial charge in [0.25, 0.3) is 0 Å². The van der Waals surface area contributed by atoms with Crippen LogP contribution in [0.4, 0.5) is 0 Å². The molecule has 0 fully saturated rings. The Hall–Kier alpha value is 0.0900. The quantitative estimate of drug-likeness (QED) is 0.608. The lowest BCUT2D eigenvalue weighted by Crippen LogP contribution is -2.32. The van der Waals surface area contributed by atoms with Crippen molar-refractivity contribution in [2.24, 2.45) is 5.92 Å². The minimum Gasteiger partial charge on any atom is -0.126 e. The van der Waals surface area contributed by atoms with Crippen LogP contribution in [-0.2, 0) is 5.41 Å². The standard InChI is InChI=1S/C14H19Cl3/c1-3-11(2)8-14(9-15,10-16)12-4-6-13(17)7-5-12/h4-7,11H,3,8-10H2,1-2H3. The largest absolute Gasteiger partial charge is 0.126 e. The molecule has 0 saturated carbocycles. The summed E-state index contributed by atoms with van der Waals surface area (Å²) in [6, 6.07) is 7.88. The van der Waals surface area contributed by atoms with Crippen molar-refractivity contribution in [2.45, 2.75) is 32.1 Å². The summed E-state index contributed by atoms with van der Waals surface area (Å²) in [4.78, 5) is 0. The zero-order chi connectivity index (χ0) is 12.9. The van der Waals surface area contributed by atoms with E-state index in [1.165, 1.54) is 5.56 Å². The van der Waals surface area contributed by atoms with Gasteiger partial charge in [-0.2, -0.15) is 0 Å². The number of hydrogen-bond acceptors (Lipinski definition) is 0. The average Bonchev–Trinajstić information content (AvgIpc) is 2.37. The van der Waals surface area contributed by atoms with E-state index >= 15 is 0 Å². The third-order valence-electron chi connectivity index (χ3n) is 3.40. The van der Waals surface area contributed by atoms with Gasteiger partial charge in [0.1, 0.15) is 0 Å². The molecule has 0 aromatic heterocycles. The van der Waals surface area contributed by atoms with Crippen LogP contribution in [0.2, 0.25) is 5.02 Å². The summed E-state index contributed by atoms with van der Waals surface area (Å²) in [5, 5.41) is 0.746. The molecule has 96 valence electrons. The summed E-state index contributed by atoms with van der Waals surface area (Å²) in [5.74, 6) is 1.70. The van der Waals surface area contributed by atoms with E-state index in [-0.39, 0.29) is 5.41 Å². The molecule has 0 saturated heterocycles. The predicted octanol–water partition coefficient (Wildman–Crippen LogP) is 5.49. The highest BCUT2D eigenvalue weighted by Gasteiger charge is 2.31. The van der Waals surface area contributed by atoms with Gasteiger partial charge in [-0.25, -0.2) is 0 Å². The molecular weight excluding hydrogens is 275 g/mol. The topological polar surface area (TPSA) is 0 Å². The van der Waals surface area contributed by atoms with E-state index in [9.17, 15) is 0 Å². The van der Waals surface area contributed by atoms with Crippen LogP contribution in [0, 0.1) is 5.92 Å². The molecule has 3 heteroatoms. The highest BCUT2D eigenvalue weighted by molar-refractivity contribution is 6.30. The summed E-state index contributed by atoms with van der Waals surface area (Å²) < 4.78 is 0. The summed E-state index contributed by atoms with van der Waals surface area (Å²) in [7, 11) is 0. The van der Waals surface area contributed by atoms with Crippen molar-refractivity contribution in [2.75, 3.05) is 11.8 Å².